The first-order valence-electron chi connectivity index (χ1n) is 6.49. The molecule has 18 heavy (non-hydrogen) atoms. The van der Waals surface area contributed by atoms with E-state index in [9.17, 15) is 9.90 Å². The molecule has 2 amide bonds. The summed E-state index contributed by atoms with van der Waals surface area (Å²) < 4.78 is 0. The summed E-state index contributed by atoms with van der Waals surface area (Å²) in [6, 6.07) is 7.02. The summed E-state index contributed by atoms with van der Waals surface area (Å²) in [5.74, 6) is 0.926. The molecule has 0 aliphatic heterocycles. The van der Waals surface area contributed by atoms with Gasteiger partial charge in [0.1, 0.15) is 5.75 Å². The summed E-state index contributed by atoms with van der Waals surface area (Å²) >= 11 is 0. The molecule has 0 aromatic heterocycles. The third kappa shape index (κ3) is 3.65. The molecule has 0 saturated heterocycles. The Balaban J connectivity index is 1.98. The zero-order chi connectivity index (χ0) is 13.0. The number of amides is 2. The Morgan fingerprint density at radius 1 is 1.39 bits per heavy atom. The van der Waals surface area contributed by atoms with E-state index in [0.717, 1.165) is 12.1 Å². The molecule has 1 aromatic rings. The van der Waals surface area contributed by atoms with Gasteiger partial charge >= 0.3 is 6.03 Å². The van der Waals surface area contributed by atoms with Crippen LogP contribution in [0, 0.1) is 5.92 Å². The average Bonchev–Trinajstić information content (AvgIpc) is 3.15. The molecule has 98 valence electrons. The molecule has 1 aromatic carbocycles. The number of rotatable bonds is 5. The number of nitrogens with one attached hydrogen (secondary N) is 1. The van der Waals surface area contributed by atoms with Crippen molar-refractivity contribution in [3.8, 4) is 5.75 Å². The number of carbonyl (C=O) groups is 1. The number of hydrogen-bond donors (Lipinski definition) is 2. The molecular weight excluding hydrogens is 228 g/mol. The quantitative estimate of drug-likeness (QED) is 0.840. The summed E-state index contributed by atoms with van der Waals surface area (Å²) in [5.41, 5.74) is 1.04. The zero-order valence-electron chi connectivity index (χ0n) is 10.7. The first-order valence-corrected chi connectivity index (χ1v) is 6.49. The molecule has 0 unspecified atom stereocenters. The highest BCUT2D eigenvalue weighted by molar-refractivity contribution is 5.74. The van der Waals surface area contributed by atoms with Crippen LogP contribution < -0.4 is 5.32 Å². The van der Waals surface area contributed by atoms with Crippen molar-refractivity contribution in [1.82, 2.24) is 10.2 Å². The van der Waals surface area contributed by atoms with E-state index in [0.29, 0.717) is 19.0 Å². The summed E-state index contributed by atoms with van der Waals surface area (Å²) in [6.07, 6.45) is 2.46. The molecule has 0 bridgehead atoms. The Morgan fingerprint density at radius 2 is 2.06 bits per heavy atom. The van der Waals surface area contributed by atoms with Gasteiger partial charge in [-0.1, -0.05) is 12.1 Å². The van der Waals surface area contributed by atoms with E-state index in [2.05, 4.69) is 5.32 Å². The van der Waals surface area contributed by atoms with Crippen LogP contribution in [-0.2, 0) is 6.54 Å². The minimum absolute atomic E-state index is 0.00234. The lowest BCUT2D eigenvalue weighted by molar-refractivity contribution is 0.193. The summed E-state index contributed by atoms with van der Waals surface area (Å²) in [7, 11) is 0. The Labute approximate surface area is 108 Å². The maximum atomic E-state index is 11.9. The predicted octanol–water partition coefficient (Wildman–Crippen LogP) is 2.33. The van der Waals surface area contributed by atoms with E-state index in [1.165, 1.54) is 12.8 Å². The molecule has 4 nitrogen and oxygen atoms in total. The van der Waals surface area contributed by atoms with Gasteiger partial charge in [-0.2, -0.15) is 0 Å². The van der Waals surface area contributed by atoms with Crippen LogP contribution in [-0.4, -0.2) is 29.1 Å². The molecule has 2 rings (SSSR count). The van der Waals surface area contributed by atoms with E-state index in [4.69, 9.17) is 0 Å². The van der Waals surface area contributed by atoms with Crippen molar-refractivity contribution in [3.05, 3.63) is 29.8 Å². The molecule has 1 fully saturated rings. The van der Waals surface area contributed by atoms with Gasteiger partial charge in [-0.05, 0) is 43.4 Å². The van der Waals surface area contributed by atoms with E-state index >= 15 is 0 Å². The highest BCUT2D eigenvalue weighted by Crippen LogP contribution is 2.30. The maximum Gasteiger partial charge on any atom is 0.317 e. The SMILES string of the molecule is CCNC(=O)N(Cc1ccc(O)cc1)CC1CC1. The lowest BCUT2D eigenvalue weighted by Gasteiger charge is -2.23. The summed E-state index contributed by atoms with van der Waals surface area (Å²) in [6.45, 7) is 4.00. The van der Waals surface area contributed by atoms with Crippen LogP contribution in [0.5, 0.6) is 5.75 Å². The normalized spacial score (nSPS) is 14.3. The van der Waals surface area contributed by atoms with Crippen LogP contribution in [0.25, 0.3) is 0 Å². The fraction of sp³-hybridized carbons (Fsp3) is 0.500. The van der Waals surface area contributed by atoms with Gasteiger partial charge in [-0.15, -0.1) is 0 Å². The van der Waals surface area contributed by atoms with Crippen LogP contribution in [0.4, 0.5) is 4.79 Å². The van der Waals surface area contributed by atoms with Gasteiger partial charge in [0.05, 0.1) is 0 Å². The minimum Gasteiger partial charge on any atom is -0.508 e. The first-order chi connectivity index (χ1) is 8.69. The van der Waals surface area contributed by atoms with E-state index in [1.54, 1.807) is 12.1 Å². The molecule has 2 N–H and O–H groups in total. The second-order valence-corrected chi connectivity index (χ2v) is 4.83. The minimum atomic E-state index is -0.00234. The number of aromatic hydroxyl groups is 1. The van der Waals surface area contributed by atoms with Crippen molar-refractivity contribution >= 4 is 6.03 Å². The molecule has 0 radical (unpaired) electrons. The van der Waals surface area contributed by atoms with Crippen molar-refractivity contribution < 1.29 is 9.90 Å². The number of hydrogen-bond acceptors (Lipinski definition) is 2. The lowest BCUT2D eigenvalue weighted by Crippen LogP contribution is -2.40. The Bertz CT molecular complexity index is 399. The highest BCUT2D eigenvalue weighted by Gasteiger charge is 2.26. The molecule has 0 spiro atoms. The topological polar surface area (TPSA) is 52.6 Å². The van der Waals surface area contributed by atoms with Crippen LogP contribution in [0.2, 0.25) is 0 Å². The molecule has 4 heteroatoms. The third-order valence-corrected chi connectivity index (χ3v) is 3.10. The summed E-state index contributed by atoms with van der Waals surface area (Å²) in [5, 5.41) is 12.1. The highest BCUT2D eigenvalue weighted by atomic mass is 16.3. The summed E-state index contributed by atoms with van der Waals surface area (Å²) in [4.78, 5) is 13.8. The zero-order valence-corrected chi connectivity index (χ0v) is 10.7. The Morgan fingerprint density at radius 3 is 2.61 bits per heavy atom. The van der Waals surface area contributed by atoms with Gasteiger partial charge in [-0.25, -0.2) is 4.79 Å². The second kappa shape index (κ2) is 5.76. The van der Waals surface area contributed by atoms with Crippen LogP contribution in [0.15, 0.2) is 24.3 Å². The number of carbonyl (C=O) groups excluding carboxylic acids is 1. The van der Waals surface area contributed by atoms with E-state index < -0.39 is 0 Å². The second-order valence-electron chi connectivity index (χ2n) is 4.83. The van der Waals surface area contributed by atoms with Crippen molar-refractivity contribution in [2.75, 3.05) is 13.1 Å². The number of phenolic OH excluding ortho intramolecular Hbond substituents is 1. The van der Waals surface area contributed by atoms with Crippen LogP contribution in [0.3, 0.4) is 0 Å². The molecule has 1 aliphatic rings. The molecular formula is C14H20N2O2. The van der Waals surface area contributed by atoms with Crippen molar-refractivity contribution in [2.45, 2.75) is 26.3 Å². The predicted molar refractivity (Wildman–Crippen MR) is 70.3 cm³/mol. The number of nitrogens with zero attached hydrogens (tertiary/aromatic N) is 1. The molecule has 0 atom stereocenters. The fourth-order valence-electron chi connectivity index (χ4n) is 1.92. The van der Waals surface area contributed by atoms with Gasteiger partial charge < -0.3 is 15.3 Å². The van der Waals surface area contributed by atoms with Gasteiger partial charge in [0, 0.05) is 19.6 Å². The van der Waals surface area contributed by atoms with Crippen molar-refractivity contribution in [2.24, 2.45) is 5.92 Å². The van der Waals surface area contributed by atoms with Gasteiger partial charge in [0.2, 0.25) is 0 Å². The number of urea groups is 1. The lowest BCUT2D eigenvalue weighted by atomic mass is 10.2. The fourth-order valence-corrected chi connectivity index (χ4v) is 1.92. The van der Waals surface area contributed by atoms with Crippen molar-refractivity contribution in [1.29, 1.82) is 0 Å². The average molecular weight is 248 g/mol. The van der Waals surface area contributed by atoms with Gasteiger partial charge in [-0.3, -0.25) is 0 Å². The van der Waals surface area contributed by atoms with Crippen LogP contribution >= 0.6 is 0 Å². The first kappa shape index (κ1) is 12.7. The van der Waals surface area contributed by atoms with E-state index in [-0.39, 0.29) is 11.8 Å². The van der Waals surface area contributed by atoms with Gasteiger partial charge in [0.15, 0.2) is 0 Å². The van der Waals surface area contributed by atoms with Crippen LogP contribution in [0.1, 0.15) is 25.3 Å². The maximum absolute atomic E-state index is 11.9. The third-order valence-electron chi connectivity index (χ3n) is 3.10. The molecule has 1 aliphatic carbocycles. The molecule has 1 saturated carbocycles. The molecule has 0 heterocycles. The number of benzene rings is 1. The monoisotopic (exact) mass is 248 g/mol. The standard InChI is InChI=1S/C14H20N2O2/c1-2-15-14(18)16(9-11-3-4-11)10-12-5-7-13(17)8-6-12/h5-8,11,17H,2-4,9-10H2,1H3,(H,15,18). The largest absolute Gasteiger partial charge is 0.508 e. The Hall–Kier alpha value is -1.71. The number of phenols is 1. The smallest absolute Gasteiger partial charge is 0.317 e. The van der Waals surface area contributed by atoms with Gasteiger partial charge in [0.25, 0.3) is 0 Å². The van der Waals surface area contributed by atoms with E-state index in [1.807, 2.05) is 24.0 Å². The Kier molecular flexibility index (Phi) is 4.07. The van der Waals surface area contributed by atoms with Crippen molar-refractivity contribution in [3.63, 3.8) is 0 Å².